The molecule has 0 fully saturated rings. The van der Waals surface area contributed by atoms with Crippen molar-refractivity contribution in [2.45, 2.75) is 20.1 Å². The number of carboxylic acid groups (broad SMARTS) is 1. The molecule has 0 aliphatic carbocycles. The zero-order chi connectivity index (χ0) is 19.5. The summed E-state index contributed by atoms with van der Waals surface area (Å²) < 4.78 is 7.67. The van der Waals surface area contributed by atoms with Crippen LogP contribution in [0.1, 0.15) is 11.1 Å². The molecule has 0 radical (unpaired) electrons. The van der Waals surface area contributed by atoms with Crippen LogP contribution in [0.15, 0.2) is 72.8 Å². The van der Waals surface area contributed by atoms with E-state index in [0.29, 0.717) is 18.2 Å². The molecule has 3 aromatic carbocycles. The first-order valence-corrected chi connectivity index (χ1v) is 9.06. The monoisotopic (exact) mass is 372 g/mol. The quantitative estimate of drug-likeness (QED) is 0.534. The van der Waals surface area contributed by atoms with Crippen LogP contribution in [0.2, 0.25) is 0 Å². The predicted molar refractivity (Wildman–Crippen MR) is 108 cm³/mol. The normalized spacial score (nSPS) is 10.9. The lowest BCUT2D eigenvalue weighted by molar-refractivity contribution is -0.137. The van der Waals surface area contributed by atoms with Crippen molar-refractivity contribution in [3.05, 3.63) is 83.9 Å². The first-order chi connectivity index (χ1) is 13.6. The van der Waals surface area contributed by atoms with Gasteiger partial charge in [-0.3, -0.25) is 4.79 Å². The van der Waals surface area contributed by atoms with Crippen molar-refractivity contribution in [2.75, 3.05) is 0 Å². The van der Waals surface area contributed by atoms with Gasteiger partial charge in [0.25, 0.3) is 0 Å². The van der Waals surface area contributed by atoms with Crippen LogP contribution in [0, 0.1) is 6.92 Å². The molecule has 5 heteroatoms. The molecule has 1 aromatic heterocycles. The van der Waals surface area contributed by atoms with E-state index in [2.05, 4.69) is 24.0 Å². The van der Waals surface area contributed by atoms with Gasteiger partial charge in [-0.25, -0.2) is 4.98 Å². The van der Waals surface area contributed by atoms with Crippen molar-refractivity contribution in [3.63, 3.8) is 0 Å². The van der Waals surface area contributed by atoms with Crippen LogP contribution in [-0.4, -0.2) is 20.6 Å². The highest BCUT2D eigenvalue weighted by molar-refractivity contribution is 5.83. The van der Waals surface area contributed by atoms with Crippen LogP contribution < -0.4 is 4.74 Å². The van der Waals surface area contributed by atoms with Gasteiger partial charge in [0, 0.05) is 5.56 Å². The fourth-order valence-electron chi connectivity index (χ4n) is 3.28. The average Bonchev–Trinajstić information content (AvgIpc) is 3.05. The fourth-order valence-corrected chi connectivity index (χ4v) is 3.28. The Morgan fingerprint density at radius 1 is 1.04 bits per heavy atom. The van der Waals surface area contributed by atoms with Gasteiger partial charge in [0.1, 0.15) is 24.7 Å². The molecule has 0 saturated heterocycles. The van der Waals surface area contributed by atoms with Crippen LogP contribution in [0.3, 0.4) is 0 Å². The first-order valence-electron chi connectivity index (χ1n) is 9.06. The number of fused-ring (bicyclic) bond motifs is 1. The number of rotatable bonds is 6. The van der Waals surface area contributed by atoms with Gasteiger partial charge in [-0.05, 0) is 36.8 Å². The minimum Gasteiger partial charge on any atom is -0.489 e. The maximum Gasteiger partial charge on any atom is 0.323 e. The second kappa shape index (κ2) is 7.56. The van der Waals surface area contributed by atoms with E-state index in [1.165, 1.54) is 5.56 Å². The molecule has 4 rings (SSSR count). The predicted octanol–water partition coefficient (Wildman–Crippen LogP) is 4.68. The Hall–Kier alpha value is -3.60. The maximum absolute atomic E-state index is 11.4. The Labute approximate surface area is 162 Å². The molecule has 0 bridgehead atoms. The molecule has 0 aliphatic rings. The van der Waals surface area contributed by atoms with Crippen molar-refractivity contribution in [3.8, 4) is 17.1 Å². The van der Waals surface area contributed by atoms with Crippen molar-refractivity contribution in [1.82, 2.24) is 9.55 Å². The highest BCUT2D eigenvalue weighted by atomic mass is 16.5. The smallest absolute Gasteiger partial charge is 0.323 e. The van der Waals surface area contributed by atoms with Crippen LogP contribution >= 0.6 is 0 Å². The number of hydrogen-bond donors (Lipinski definition) is 1. The molecule has 140 valence electrons. The number of benzene rings is 3. The molecule has 0 saturated carbocycles. The number of carboxylic acids is 1. The molecule has 0 spiro atoms. The molecule has 1 N–H and O–H groups in total. The zero-order valence-electron chi connectivity index (χ0n) is 15.5. The summed E-state index contributed by atoms with van der Waals surface area (Å²) in [6.45, 7) is 2.37. The van der Waals surface area contributed by atoms with Gasteiger partial charge >= 0.3 is 5.97 Å². The molecule has 28 heavy (non-hydrogen) atoms. The second-order valence-electron chi connectivity index (χ2n) is 6.71. The second-order valence-corrected chi connectivity index (χ2v) is 6.71. The average molecular weight is 372 g/mol. The number of hydrogen-bond acceptors (Lipinski definition) is 3. The standard InChI is InChI=1S/C23H20N2O3/c1-16-6-4-7-17(12-16)15-28-19-9-5-8-18(13-19)23-24-20-10-2-3-11-21(20)25(23)14-22(26)27/h2-13H,14-15H2,1H3,(H,26,27). The molecule has 5 nitrogen and oxygen atoms in total. The SMILES string of the molecule is Cc1cccc(COc2cccc(-c3nc4ccccc4n3CC(=O)O)c2)c1. The molecule has 0 atom stereocenters. The Morgan fingerprint density at radius 3 is 2.68 bits per heavy atom. The number of ether oxygens (including phenoxy) is 1. The Bertz CT molecular complexity index is 1150. The Kier molecular flexibility index (Phi) is 4.81. The van der Waals surface area contributed by atoms with Crippen molar-refractivity contribution < 1.29 is 14.6 Å². The molecular formula is C23H20N2O3. The summed E-state index contributed by atoms with van der Waals surface area (Å²) in [6.07, 6.45) is 0. The number of aromatic nitrogens is 2. The molecule has 0 aliphatic heterocycles. The van der Waals surface area contributed by atoms with E-state index in [4.69, 9.17) is 4.74 Å². The minimum atomic E-state index is -0.906. The lowest BCUT2D eigenvalue weighted by Crippen LogP contribution is -2.10. The van der Waals surface area contributed by atoms with Gasteiger partial charge in [0.2, 0.25) is 0 Å². The summed E-state index contributed by atoms with van der Waals surface area (Å²) in [5, 5.41) is 9.33. The summed E-state index contributed by atoms with van der Waals surface area (Å²) in [5.41, 5.74) is 4.68. The van der Waals surface area contributed by atoms with E-state index in [0.717, 1.165) is 22.2 Å². The third-order valence-electron chi connectivity index (χ3n) is 4.53. The van der Waals surface area contributed by atoms with Crippen LogP contribution in [-0.2, 0) is 17.9 Å². The number of para-hydroxylation sites is 2. The van der Waals surface area contributed by atoms with E-state index in [1.807, 2.05) is 60.7 Å². The van der Waals surface area contributed by atoms with Gasteiger partial charge in [-0.15, -0.1) is 0 Å². The number of imidazole rings is 1. The van der Waals surface area contributed by atoms with Gasteiger partial charge in [-0.1, -0.05) is 54.1 Å². The van der Waals surface area contributed by atoms with Crippen molar-refractivity contribution in [1.29, 1.82) is 0 Å². The number of aryl methyl sites for hydroxylation is 1. The summed E-state index contributed by atoms with van der Waals surface area (Å²) in [4.78, 5) is 16.0. The summed E-state index contributed by atoms with van der Waals surface area (Å²) in [7, 11) is 0. The minimum absolute atomic E-state index is 0.149. The first kappa shape index (κ1) is 17.8. The third kappa shape index (κ3) is 3.74. The summed E-state index contributed by atoms with van der Waals surface area (Å²) in [5.74, 6) is 0.425. The van der Waals surface area contributed by atoms with E-state index < -0.39 is 5.97 Å². The number of carbonyl (C=O) groups is 1. The van der Waals surface area contributed by atoms with E-state index in [-0.39, 0.29) is 6.54 Å². The van der Waals surface area contributed by atoms with Gasteiger partial charge < -0.3 is 14.4 Å². The lowest BCUT2D eigenvalue weighted by atomic mass is 10.1. The molecule has 0 amide bonds. The third-order valence-corrected chi connectivity index (χ3v) is 4.53. The van der Waals surface area contributed by atoms with Crippen molar-refractivity contribution in [2.24, 2.45) is 0 Å². The largest absolute Gasteiger partial charge is 0.489 e. The molecule has 4 aromatic rings. The van der Waals surface area contributed by atoms with Gasteiger partial charge in [-0.2, -0.15) is 0 Å². The fraction of sp³-hybridized carbons (Fsp3) is 0.130. The van der Waals surface area contributed by atoms with Gasteiger partial charge in [0.15, 0.2) is 0 Å². The van der Waals surface area contributed by atoms with Crippen molar-refractivity contribution >= 4 is 17.0 Å². The van der Waals surface area contributed by atoms with Crippen LogP contribution in [0.4, 0.5) is 0 Å². The number of aliphatic carboxylic acids is 1. The molecular weight excluding hydrogens is 352 g/mol. The number of nitrogens with zero attached hydrogens (tertiary/aromatic N) is 2. The lowest BCUT2D eigenvalue weighted by Gasteiger charge is -2.10. The molecule has 1 heterocycles. The Morgan fingerprint density at radius 2 is 1.86 bits per heavy atom. The summed E-state index contributed by atoms with van der Waals surface area (Å²) >= 11 is 0. The summed E-state index contributed by atoms with van der Waals surface area (Å²) in [6, 6.07) is 23.3. The van der Waals surface area contributed by atoms with Crippen LogP contribution in [0.5, 0.6) is 5.75 Å². The highest BCUT2D eigenvalue weighted by Crippen LogP contribution is 2.27. The van der Waals surface area contributed by atoms with Gasteiger partial charge in [0.05, 0.1) is 11.0 Å². The topological polar surface area (TPSA) is 64.4 Å². The molecule has 0 unspecified atom stereocenters. The van der Waals surface area contributed by atoms with E-state index >= 15 is 0 Å². The Balaban J connectivity index is 1.66. The highest BCUT2D eigenvalue weighted by Gasteiger charge is 2.15. The zero-order valence-corrected chi connectivity index (χ0v) is 15.5. The van der Waals surface area contributed by atoms with E-state index in [9.17, 15) is 9.90 Å². The van der Waals surface area contributed by atoms with Crippen LogP contribution in [0.25, 0.3) is 22.4 Å². The maximum atomic E-state index is 11.4. The van der Waals surface area contributed by atoms with E-state index in [1.54, 1.807) is 4.57 Å².